The molecule has 0 spiro atoms. The van der Waals surface area contributed by atoms with Gasteiger partial charge in [0.1, 0.15) is 5.01 Å². The highest BCUT2D eigenvalue weighted by Gasteiger charge is 2.07. The van der Waals surface area contributed by atoms with Gasteiger partial charge in [-0.15, -0.1) is 22.7 Å². The van der Waals surface area contributed by atoms with Crippen LogP contribution >= 0.6 is 22.7 Å². The Morgan fingerprint density at radius 2 is 2.14 bits per heavy atom. The van der Waals surface area contributed by atoms with Gasteiger partial charge in [-0.25, -0.2) is 4.98 Å². The fraction of sp³-hybridized carbons (Fsp3) is 0.125. The highest BCUT2D eigenvalue weighted by atomic mass is 32.1. The van der Waals surface area contributed by atoms with Crippen LogP contribution in [0.5, 0.6) is 0 Å². The van der Waals surface area contributed by atoms with E-state index in [0.29, 0.717) is 6.54 Å². The van der Waals surface area contributed by atoms with Gasteiger partial charge in [0, 0.05) is 23.2 Å². The molecule has 1 aromatic carbocycles. The Bertz CT molecular complexity index is 747. The number of amides is 1. The fourth-order valence-corrected chi connectivity index (χ4v) is 3.41. The van der Waals surface area contributed by atoms with Gasteiger partial charge in [0.25, 0.3) is 5.91 Å². The van der Waals surface area contributed by atoms with Crippen LogP contribution in [-0.2, 0) is 6.54 Å². The third-order valence-electron chi connectivity index (χ3n) is 2.99. The van der Waals surface area contributed by atoms with Gasteiger partial charge < -0.3 is 5.32 Å². The van der Waals surface area contributed by atoms with Crippen LogP contribution in [0.2, 0.25) is 0 Å². The summed E-state index contributed by atoms with van der Waals surface area (Å²) in [5, 5.41) is 7.90. The fourth-order valence-electron chi connectivity index (χ4n) is 1.98. The molecule has 3 aromatic rings. The van der Waals surface area contributed by atoms with E-state index < -0.39 is 0 Å². The molecular weight excluding hydrogens is 300 g/mol. The number of carbonyl (C=O) groups excluding carboxylic acids is 1. The van der Waals surface area contributed by atoms with Crippen LogP contribution in [-0.4, -0.2) is 10.9 Å². The molecule has 106 valence electrons. The second kappa shape index (κ2) is 6.20. The van der Waals surface area contributed by atoms with Gasteiger partial charge in [-0.1, -0.05) is 24.3 Å². The maximum Gasteiger partial charge on any atom is 0.261 e. The molecule has 0 fully saturated rings. The molecule has 5 heteroatoms. The Morgan fingerprint density at radius 1 is 1.24 bits per heavy atom. The van der Waals surface area contributed by atoms with Crippen molar-refractivity contribution in [3.05, 3.63) is 63.3 Å². The molecular formula is C16H14N2OS2. The quantitative estimate of drug-likeness (QED) is 0.787. The van der Waals surface area contributed by atoms with Crippen molar-refractivity contribution in [2.45, 2.75) is 13.5 Å². The highest BCUT2D eigenvalue weighted by Crippen LogP contribution is 2.24. The summed E-state index contributed by atoms with van der Waals surface area (Å²) in [4.78, 5) is 17.2. The topological polar surface area (TPSA) is 42.0 Å². The van der Waals surface area contributed by atoms with Gasteiger partial charge in [-0.3, -0.25) is 4.79 Å². The first-order valence-corrected chi connectivity index (χ1v) is 8.31. The van der Waals surface area contributed by atoms with Crippen molar-refractivity contribution in [3.8, 4) is 10.6 Å². The lowest BCUT2D eigenvalue weighted by molar-refractivity contribution is 0.0955. The Labute approximate surface area is 131 Å². The number of carbonyl (C=O) groups is 1. The number of thiophene rings is 1. The summed E-state index contributed by atoms with van der Waals surface area (Å²) in [5.41, 5.74) is 3.20. The Hall–Kier alpha value is -1.98. The standard InChI is InChI=1S/C16H14N2OS2/c1-11-10-21-16(18-11)13-5-2-4-12(8-13)9-17-15(19)14-6-3-7-20-14/h2-8,10H,9H2,1H3,(H,17,19). The molecule has 0 radical (unpaired) electrons. The average Bonchev–Trinajstić information content (AvgIpc) is 3.16. The molecule has 1 N–H and O–H groups in total. The molecule has 0 bridgehead atoms. The van der Waals surface area contributed by atoms with E-state index in [1.54, 1.807) is 11.3 Å². The van der Waals surface area contributed by atoms with Gasteiger partial charge in [0.05, 0.1) is 4.88 Å². The normalized spacial score (nSPS) is 10.5. The van der Waals surface area contributed by atoms with Gasteiger partial charge in [-0.2, -0.15) is 0 Å². The minimum Gasteiger partial charge on any atom is -0.347 e. The molecule has 2 aromatic heterocycles. The first-order chi connectivity index (χ1) is 10.2. The zero-order valence-corrected chi connectivity index (χ0v) is 13.1. The molecule has 2 heterocycles. The summed E-state index contributed by atoms with van der Waals surface area (Å²) < 4.78 is 0. The largest absolute Gasteiger partial charge is 0.347 e. The van der Waals surface area contributed by atoms with E-state index >= 15 is 0 Å². The molecule has 0 atom stereocenters. The van der Waals surface area contributed by atoms with Crippen LogP contribution < -0.4 is 5.32 Å². The number of rotatable bonds is 4. The Balaban J connectivity index is 1.70. The Morgan fingerprint density at radius 3 is 2.86 bits per heavy atom. The number of thiazole rings is 1. The summed E-state index contributed by atoms with van der Waals surface area (Å²) in [5.74, 6) is -0.0273. The van der Waals surface area contributed by atoms with E-state index in [1.807, 2.05) is 48.0 Å². The van der Waals surface area contributed by atoms with E-state index in [4.69, 9.17) is 0 Å². The number of hydrogen-bond donors (Lipinski definition) is 1. The highest BCUT2D eigenvalue weighted by molar-refractivity contribution is 7.13. The van der Waals surface area contributed by atoms with E-state index in [-0.39, 0.29) is 5.91 Å². The number of hydrogen-bond acceptors (Lipinski definition) is 4. The molecule has 1 amide bonds. The molecule has 0 aliphatic heterocycles. The van der Waals surface area contributed by atoms with E-state index in [0.717, 1.165) is 26.7 Å². The van der Waals surface area contributed by atoms with Crippen LogP contribution in [0.3, 0.4) is 0 Å². The number of aromatic nitrogens is 1. The average molecular weight is 314 g/mol. The lowest BCUT2D eigenvalue weighted by Gasteiger charge is -2.05. The van der Waals surface area contributed by atoms with E-state index in [1.165, 1.54) is 11.3 Å². The maximum atomic E-state index is 11.9. The lowest BCUT2D eigenvalue weighted by Crippen LogP contribution is -2.21. The number of nitrogens with one attached hydrogen (secondary N) is 1. The monoisotopic (exact) mass is 314 g/mol. The molecule has 0 aliphatic rings. The molecule has 21 heavy (non-hydrogen) atoms. The summed E-state index contributed by atoms with van der Waals surface area (Å²) in [7, 11) is 0. The zero-order valence-electron chi connectivity index (χ0n) is 11.5. The minimum absolute atomic E-state index is 0.0273. The van der Waals surface area contributed by atoms with Crippen molar-refractivity contribution < 1.29 is 4.79 Å². The zero-order chi connectivity index (χ0) is 14.7. The first-order valence-electron chi connectivity index (χ1n) is 6.55. The van der Waals surface area contributed by atoms with E-state index in [9.17, 15) is 4.79 Å². The van der Waals surface area contributed by atoms with Crippen molar-refractivity contribution in [1.29, 1.82) is 0 Å². The third-order valence-corrected chi connectivity index (χ3v) is 4.87. The second-order valence-corrected chi connectivity index (χ2v) is 6.46. The second-order valence-electron chi connectivity index (χ2n) is 4.65. The minimum atomic E-state index is -0.0273. The number of nitrogens with zero attached hydrogens (tertiary/aromatic N) is 1. The van der Waals surface area contributed by atoms with Crippen LogP contribution in [0.25, 0.3) is 10.6 Å². The van der Waals surface area contributed by atoms with Crippen molar-refractivity contribution >= 4 is 28.6 Å². The predicted octanol–water partition coefficient (Wildman–Crippen LogP) is 4.11. The first kappa shape index (κ1) is 14.0. The van der Waals surface area contributed by atoms with Gasteiger partial charge in [-0.05, 0) is 30.0 Å². The summed E-state index contributed by atoms with van der Waals surface area (Å²) in [6.07, 6.45) is 0. The molecule has 0 saturated heterocycles. The number of aryl methyl sites for hydroxylation is 1. The summed E-state index contributed by atoms with van der Waals surface area (Å²) >= 11 is 3.09. The third kappa shape index (κ3) is 3.37. The van der Waals surface area contributed by atoms with Crippen molar-refractivity contribution in [1.82, 2.24) is 10.3 Å². The maximum absolute atomic E-state index is 11.9. The van der Waals surface area contributed by atoms with Crippen LogP contribution in [0.1, 0.15) is 20.9 Å². The van der Waals surface area contributed by atoms with Crippen molar-refractivity contribution in [3.63, 3.8) is 0 Å². The smallest absolute Gasteiger partial charge is 0.261 e. The molecule has 3 rings (SSSR count). The summed E-state index contributed by atoms with van der Waals surface area (Å²) in [6, 6.07) is 11.8. The lowest BCUT2D eigenvalue weighted by atomic mass is 10.1. The summed E-state index contributed by atoms with van der Waals surface area (Å²) in [6.45, 7) is 2.51. The SMILES string of the molecule is Cc1csc(-c2cccc(CNC(=O)c3cccs3)c2)n1. The molecule has 0 aliphatic carbocycles. The van der Waals surface area contributed by atoms with E-state index in [2.05, 4.69) is 16.4 Å². The van der Waals surface area contributed by atoms with Crippen molar-refractivity contribution in [2.24, 2.45) is 0 Å². The van der Waals surface area contributed by atoms with Gasteiger partial charge in [0.15, 0.2) is 0 Å². The number of benzene rings is 1. The van der Waals surface area contributed by atoms with Crippen LogP contribution in [0.15, 0.2) is 47.2 Å². The van der Waals surface area contributed by atoms with Gasteiger partial charge in [0.2, 0.25) is 0 Å². The van der Waals surface area contributed by atoms with Crippen molar-refractivity contribution in [2.75, 3.05) is 0 Å². The molecule has 0 unspecified atom stereocenters. The van der Waals surface area contributed by atoms with Crippen LogP contribution in [0.4, 0.5) is 0 Å². The van der Waals surface area contributed by atoms with Crippen LogP contribution in [0, 0.1) is 6.92 Å². The molecule has 0 saturated carbocycles. The predicted molar refractivity (Wildman–Crippen MR) is 87.8 cm³/mol. The Kier molecular flexibility index (Phi) is 4.13. The molecule has 3 nitrogen and oxygen atoms in total. The van der Waals surface area contributed by atoms with Gasteiger partial charge >= 0.3 is 0 Å².